The topological polar surface area (TPSA) is 61.4 Å². The number of benzene rings is 1. The van der Waals surface area contributed by atoms with Crippen LogP contribution in [-0.2, 0) is 0 Å². The number of amides is 2. The third-order valence-corrected chi connectivity index (χ3v) is 2.24. The molecule has 76 valence electrons. The molecule has 2 amide bonds. The first-order valence-electron chi connectivity index (χ1n) is 3.71. The van der Waals surface area contributed by atoms with Crippen LogP contribution in [0.1, 0.15) is 0 Å². The molecule has 0 aliphatic heterocycles. The average molecular weight is 235 g/mol. The van der Waals surface area contributed by atoms with E-state index in [1.807, 2.05) is 0 Å². The van der Waals surface area contributed by atoms with Crippen molar-refractivity contribution in [1.29, 1.82) is 0 Å². The molecule has 0 aliphatic rings. The Bertz CT molecular complexity index is 369. The van der Waals surface area contributed by atoms with E-state index in [2.05, 4.69) is 10.6 Å². The molecule has 3 N–H and O–H groups in total. The number of nitrogens with one attached hydrogen (secondary N) is 2. The highest BCUT2D eigenvalue weighted by Crippen LogP contribution is 2.33. The third kappa shape index (κ3) is 2.43. The molecule has 4 nitrogen and oxygen atoms in total. The van der Waals surface area contributed by atoms with Crippen LogP contribution in [-0.4, -0.2) is 18.2 Å². The van der Waals surface area contributed by atoms with E-state index in [9.17, 15) is 9.90 Å². The summed E-state index contributed by atoms with van der Waals surface area (Å²) in [5.74, 6) is -0.136. The summed E-state index contributed by atoms with van der Waals surface area (Å²) < 4.78 is 0. The number of rotatable bonds is 1. The lowest BCUT2D eigenvalue weighted by Crippen LogP contribution is -2.24. The van der Waals surface area contributed by atoms with Gasteiger partial charge in [-0.1, -0.05) is 23.2 Å². The van der Waals surface area contributed by atoms with E-state index >= 15 is 0 Å². The smallest absolute Gasteiger partial charge is 0.319 e. The van der Waals surface area contributed by atoms with Crippen molar-refractivity contribution in [3.8, 4) is 5.75 Å². The maximum absolute atomic E-state index is 10.9. The lowest BCUT2D eigenvalue weighted by molar-refractivity contribution is 0.254. The predicted octanol–water partition coefficient (Wildman–Crippen LogP) is 2.45. The fourth-order valence-corrected chi connectivity index (χ4v) is 1.14. The van der Waals surface area contributed by atoms with Gasteiger partial charge in [0.15, 0.2) is 0 Å². The molecular weight excluding hydrogens is 227 g/mol. The summed E-state index contributed by atoms with van der Waals surface area (Å²) in [6.45, 7) is 0. The Hall–Kier alpha value is -1.13. The molecular formula is C8H8Cl2N2O2. The van der Waals surface area contributed by atoms with Crippen molar-refractivity contribution >= 4 is 34.9 Å². The number of halogens is 2. The highest BCUT2D eigenvalue weighted by Gasteiger charge is 2.08. The van der Waals surface area contributed by atoms with Crippen LogP contribution in [0.2, 0.25) is 10.0 Å². The first-order chi connectivity index (χ1) is 6.54. The molecule has 1 aromatic rings. The summed E-state index contributed by atoms with van der Waals surface area (Å²) >= 11 is 11.3. The predicted molar refractivity (Wildman–Crippen MR) is 56.2 cm³/mol. The Kier molecular flexibility index (Phi) is 3.43. The molecule has 0 bridgehead atoms. The third-order valence-electron chi connectivity index (χ3n) is 1.51. The van der Waals surface area contributed by atoms with Gasteiger partial charge < -0.3 is 15.7 Å². The molecule has 0 fully saturated rings. The zero-order valence-electron chi connectivity index (χ0n) is 7.27. The van der Waals surface area contributed by atoms with Crippen LogP contribution < -0.4 is 10.6 Å². The summed E-state index contributed by atoms with van der Waals surface area (Å²) in [7, 11) is 1.46. The van der Waals surface area contributed by atoms with Crippen molar-refractivity contribution in [3.05, 3.63) is 22.2 Å². The lowest BCUT2D eigenvalue weighted by Gasteiger charge is -2.07. The number of anilines is 1. The molecule has 0 spiro atoms. The Morgan fingerprint density at radius 3 is 2.50 bits per heavy atom. The number of phenolic OH excluding ortho intramolecular Hbond substituents is 1. The number of hydrogen-bond donors (Lipinski definition) is 3. The Morgan fingerprint density at radius 2 is 1.93 bits per heavy atom. The molecule has 0 saturated heterocycles. The van der Waals surface area contributed by atoms with E-state index in [4.69, 9.17) is 23.2 Å². The molecule has 1 rings (SSSR count). The minimum absolute atomic E-state index is 0.136. The molecule has 0 atom stereocenters. The molecule has 6 heteroatoms. The summed E-state index contributed by atoms with van der Waals surface area (Å²) in [5.41, 5.74) is 0.207. The van der Waals surface area contributed by atoms with Crippen LogP contribution in [0.3, 0.4) is 0 Å². The first-order valence-corrected chi connectivity index (χ1v) is 4.47. The minimum atomic E-state index is -0.446. The zero-order valence-corrected chi connectivity index (χ0v) is 8.78. The van der Waals surface area contributed by atoms with Crippen molar-refractivity contribution in [2.24, 2.45) is 0 Å². The Morgan fingerprint density at radius 1 is 1.36 bits per heavy atom. The van der Waals surface area contributed by atoms with E-state index in [1.165, 1.54) is 19.2 Å². The number of urea groups is 1. The summed E-state index contributed by atoms with van der Waals surface area (Å²) in [6, 6.07) is 2.18. The number of carbonyl (C=O) groups excluding carboxylic acids is 1. The van der Waals surface area contributed by atoms with Gasteiger partial charge in [0, 0.05) is 13.1 Å². The Labute approximate surface area is 90.8 Å². The second-order valence-electron chi connectivity index (χ2n) is 2.49. The van der Waals surface area contributed by atoms with Crippen LogP contribution >= 0.6 is 23.2 Å². The average Bonchev–Trinajstić information content (AvgIpc) is 2.14. The van der Waals surface area contributed by atoms with Crippen LogP contribution in [0.4, 0.5) is 10.5 Å². The second kappa shape index (κ2) is 4.39. The molecule has 1 aromatic carbocycles. The van der Waals surface area contributed by atoms with Crippen LogP contribution in [0.15, 0.2) is 12.1 Å². The van der Waals surface area contributed by atoms with E-state index in [1.54, 1.807) is 0 Å². The second-order valence-corrected chi connectivity index (χ2v) is 3.30. The molecule has 0 radical (unpaired) electrons. The maximum atomic E-state index is 10.9. The SMILES string of the molecule is CNC(=O)Nc1cc(Cl)c(Cl)cc1O. The largest absolute Gasteiger partial charge is 0.506 e. The maximum Gasteiger partial charge on any atom is 0.319 e. The lowest BCUT2D eigenvalue weighted by atomic mass is 10.3. The van der Waals surface area contributed by atoms with Crippen molar-refractivity contribution in [1.82, 2.24) is 5.32 Å². The van der Waals surface area contributed by atoms with Crippen molar-refractivity contribution in [2.45, 2.75) is 0 Å². The van der Waals surface area contributed by atoms with Gasteiger partial charge in [-0.15, -0.1) is 0 Å². The number of aromatic hydroxyl groups is 1. The molecule has 0 aromatic heterocycles. The van der Waals surface area contributed by atoms with Gasteiger partial charge in [-0.3, -0.25) is 0 Å². The summed E-state index contributed by atoms with van der Waals surface area (Å²) in [4.78, 5) is 10.9. The van der Waals surface area contributed by atoms with E-state index in [-0.39, 0.29) is 21.5 Å². The van der Waals surface area contributed by atoms with E-state index < -0.39 is 6.03 Å². The van der Waals surface area contributed by atoms with Gasteiger partial charge in [0.25, 0.3) is 0 Å². The van der Waals surface area contributed by atoms with Crippen LogP contribution in [0.5, 0.6) is 5.75 Å². The monoisotopic (exact) mass is 234 g/mol. The van der Waals surface area contributed by atoms with Gasteiger partial charge in [0.05, 0.1) is 15.7 Å². The van der Waals surface area contributed by atoms with Gasteiger partial charge in [-0.25, -0.2) is 4.79 Å². The van der Waals surface area contributed by atoms with Gasteiger partial charge in [-0.05, 0) is 6.07 Å². The van der Waals surface area contributed by atoms with Gasteiger partial charge >= 0.3 is 6.03 Å². The molecule has 14 heavy (non-hydrogen) atoms. The fraction of sp³-hybridized carbons (Fsp3) is 0.125. The highest BCUT2D eigenvalue weighted by atomic mass is 35.5. The standard InChI is InChI=1S/C8H8Cl2N2O2/c1-11-8(14)12-6-2-4(9)5(10)3-7(6)13/h2-3,13H,1H3,(H2,11,12,14). The number of phenols is 1. The number of hydrogen-bond acceptors (Lipinski definition) is 2. The summed E-state index contributed by atoms with van der Waals surface area (Å²) in [6.07, 6.45) is 0. The van der Waals surface area contributed by atoms with Crippen molar-refractivity contribution in [3.63, 3.8) is 0 Å². The zero-order chi connectivity index (χ0) is 10.7. The normalized spacial score (nSPS) is 9.64. The van der Waals surface area contributed by atoms with Gasteiger partial charge in [0.1, 0.15) is 5.75 Å². The van der Waals surface area contributed by atoms with Crippen LogP contribution in [0, 0.1) is 0 Å². The quantitative estimate of drug-likeness (QED) is 0.654. The van der Waals surface area contributed by atoms with Crippen molar-refractivity contribution in [2.75, 3.05) is 12.4 Å². The van der Waals surface area contributed by atoms with E-state index in [0.717, 1.165) is 0 Å². The molecule has 0 saturated carbocycles. The highest BCUT2D eigenvalue weighted by molar-refractivity contribution is 6.42. The Balaban J connectivity index is 2.98. The minimum Gasteiger partial charge on any atom is -0.506 e. The van der Waals surface area contributed by atoms with Crippen molar-refractivity contribution < 1.29 is 9.90 Å². The first kappa shape index (κ1) is 10.9. The van der Waals surface area contributed by atoms with Gasteiger partial charge in [-0.2, -0.15) is 0 Å². The van der Waals surface area contributed by atoms with Crippen LogP contribution in [0.25, 0.3) is 0 Å². The fourth-order valence-electron chi connectivity index (χ4n) is 0.821. The van der Waals surface area contributed by atoms with Gasteiger partial charge in [0.2, 0.25) is 0 Å². The molecule has 0 unspecified atom stereocenters. The molecule has 0 aliphatic carbocycles. The molecule has 0 heterocycles. The number of carbonyl (C=O) groups is 1. The summed E-state index contributed by atoms with van der Waals surface area (Å²) in [5, 5.41) is 14.6. The van der Waals surface area contributed by atoms with E-state index in [0.29, 0.717) is 0 Å².